The van der Waals surface area contributed by atoms with Crippen LogP contribution in [0.15, 0.2) is 48.5 Å². The summed E-state index contributed by atoms with van der Waals surface area (Å²) in [6, 6.07) is 14.6. The van der Waals surface area contributed by atoms with E-state index in [9.17, 15) is 14.4 Å². The number of hydrogen-bond donors (Lipinski definition) is 1. The van der Waals surface area contributed by atoms with Gasteiger partial charge in [0, 0.05) is 43.2 Å². The van der Waals surface area contributed by atoms with Gasteiger partial charge in [-0.1, -0.05) is 11.3 Å². The molecule has 1 N–H and O–H groups in total. The maximum Gasteiger partial charge on any atom is 0.231 e. The minimum atomic E-state index is -0.495. The van der Waals surface area contributed by atoms with E-state index in [1.807, 2.05) is 55.5 Å². The van der Waals surface area contributed by atoms with Gasteiger partial charge in [-0.3, -0.25) is 14.4 Å². The molecule has 0 saturated carbocycles. The number of ether oxygens (including phenoxy) is 2. The largest absolute Gasteiger partial charge is 0.497 e. The average Bonchev–Trinajstić information content (AvgIpc) is 3.63. The molecule has 3 aromatic rings. The number of anilines is 3. The maximum absolute atomic E-state index is 12.9. The van der Waals surface area contributed by atoms with Gasteiger partial charge < -0.3 is 24.6 Å². The third-order valence-electron chi connectivity index (χ3n) is 6.48. The molecule has 3 amide bonds. The number of hydrogen-bond acceptors (Lipinski definition) is 8. The van der Waals surface area contributed by atoms with Gasteiger partial charge in [-0.2, -0.15) is 0 Å². The van der Waals surface area contributed by atoms with E-state index in [0.717, 1.165) is 22.9 Å². The summed E-state index contributed by atoms with van der Waals surface area (Å²) in [5.74, 6) is 0.483. The lowest BCUT2D eigenvalue weighted by Gasteiger charge is -2.17. The number of rotatable bonds is 8. The molecule has 2 aliphatic rings. The van der Waals surface area contributed by atoms with E-state index in [0.29, 0.717) is 29.7 Å². The van der Waals surface area contributed by atoms with Crippen molar-refractivity contribution in [2.24, 2.45) is 5.92 Å². The fourth-order valence-corrected chi connectivity index (χ4v) is 5.40. The number of methoxy groups -OCH3 is 1. The van der Waals surface area contributed by atoms with Gasteiger partial charge in [0.1, 0.15) is 16.5 Å². The van der Waals surface area contributed by atoms with Crippen LogP contribution in [0, 0.1) is 5.92 Å². The van der Waals surface area contributed by atoms with Crippen molar-refractivity contribution in [1.29, 1.82) is 0 Å². The molecule has 11 heteroatoms. The topological polar surface area (TPSA) is 114 Å². The number of amides is 3. The fourth-order valence-electron chi connectivity index (χ4n) is 4.56. The maximum atomic E-state index is 12.9. The van der Waals surface area contributed by atoms with Gasteiger partial charge in [0.2, 0.25) is 22.9 Å². The van der Waals surface area contributed by atoms with Crippen molar-refractivity contribution in [3.05, 3.63) is 53.5 Å². The van der Waals surface area contributed by atoms with Crippen LogP contribution in [-0.2, 0) is 14.4 Å². The molecule has 2 unspecified atom stereocenters. The molecule has 0 bridgehead atoms. The Morgan fingerprint density at radius 1 is 0.946 bits per heavy atom. The number of carbonyl (C=O) groups is 3. The summed E-state index contributed by atoms with van der Waals surface area (Å²) in [6.07, 6.45) is 0.446. The van der Waals surface area contributed by atoms with E-state index in [4.69, 9.17) is 9.47 Å². The lowest BCUT2D eigenvalue weighted by molar-refractivity contribution is -0.122. The number of benzene rings is 2. The Labute approximate surface area is 218 Å². The molecule has 3 heterocycles. The Bertz CT molecular complexity index is 1290. The molecule has 2 fully saturated rings. The molecule has 1 aromatic heterocycles. The van der Waals surface area contributed by atoms with E-state index in [2.05, 4.69) is 15.5 Å². The molecule has 0 spiro atoms. The van der Waals surface area contributed by atoms with Gasteiger partial charge in [-0.25, -0.2) is 0 Å². The predicted molar refractivity (Wildman–Crippen MR) is 139 cm³/mol. The second kappa shape index (κ2) is 10.6. The van der Waals surface area contributed by atoms with E-state index < -0.39 is 5.92 Å². The van der Waals surface area contributed by atoms with Crippen LogP contribution in [-0.4, -0.2) is 54.7 Å². The van der Waals surface area contributed by atoms with Crippen LogP contribution in [0.25, 0.3) is 0 Å². The van der Waals surface area contributed by atoms with Crippen molar-refractivity contribution in [3.63, 3.8) is 0 Å². The number of carbonyl (C=O) groups excluding carboxylic acids is 3. The Kier molecular flexibility index (Phi) is 7.04. The SMILES string of the molecule is CCOc1ccc(N2CC(C(=O)Nc3nnc(C4CC(=O)N(c5ccc(OC)cc5)C4)s3)CC2=O)cc1. The van der Waals surface area contributed by atoms with E-state index in [1.54, 1.807) is 16.9 Å². The Balaban J connectivity index is 1.19. The summed E-state index contributed by atoms with van der Waals surface area (Å²) >= 11 is 1.26. The van der Waals surface area contributed by atoms with Crippen LogP contribution >= 0.6 is 11.3 Å². The Morgan fingerprint density at radius 2 is 1.57 bits per heavy atom. The monoisotopic (exact) mass is 521 g/mol. The normalized spacial score (nSPS) is 19.4. The first kappa shape index (κ1) is 24.7. The quantitative estimate of drug-likeness (QED) is 0.483. The highest BCUT2D eigenvalue weighted by molar-refractivity contribution is 7.15. The van der Waals surface area contributed by atoms with Crippen LogP contribution in [0.2, 0.25) is 0 Å². The van der Waals surface area contributed by atoms with E-state index >= 15 is 0 Å². The molecule has 2 atom stereocenters. The average molecular weight is 522 g/mol. The second-order valence-corrected chi connectivity index (χ2v) is 9.88. The lowest BCUT2D eigenvalue weighted by atomic mass is 10.1. The summed E-state index contributed by atoms with van der Waals surface area (Å²) in [6.45, 7) is 3.25. The Hall–Kier alpha value is -3.99. The molecule has 2 aromatic carbocycles. The Morgan fingerprint density at radius 3 is 2.22 bits per heavy atom. The molecule has 37 heavy (non-hydrogen) atoms. The number of aromatic nitrogens is 2. The van der Waals surface area contributed by atoms with Gasteiger partial charge in [0.25, 0.3) is 0 Å². The van der Waals surface area contributed by atoms with Crippen LogP contribution in [0.1, 0.15) is 30.7 Å². The zero-order valence-corrected chi connectivity index (χ0v) is 21.4. The molecule has 2 saturated heterocycles. The van der Waals surface area contributed by atoms with E-state index in [-0.39, 0.29) is 36.6 Å². The summed E-state index contributed by atoms with van der Waals surface area (Å²) in [5, 5.41) is 12.2. The number of nitrogens with one attached hydrogen (secondary N) is 1. The third kappa shape index (κ3) is 5.26. The molecule has 10 nitrogen and oxygen atoms in total. The molecule has 192 valence electrons. The second-order valence-electron chi connectivity index (χ2n) is 8.87. The van der Waals surface area contributed by atoms with E-state index in [1.165, 1.54) is 11.3 Å². The van der Waals surface area contributed by atoms with Gasteiger partial charge in [0.05, 0.1) is 19.6 Å². The first-order chi connectivity index (χ1) is 17.9. The number of nitrogens with zero attached hydrogens (tertiary/aromatic N) is 4. The predicted octanol–water partition coefficient (Wildman–Crippen LogP) is 3.46. The van der Waals surface area contributed by atoms with Gasteiger partial charge in [0.15, 0.2) is 0 Å². The van der Waals surface area contributed by atoms with Gasteiger partial charge >= 0.3 is 0 Å². The standard InChI is InChI=1S/C26H27N5O5S/c1-3-36-21-10-6-19(7-11-21)30-14-16(12-22(30)32)24(34)27-26-29-28-25(37-26)17-13-23(33)31(15-17)18-4-8-20(35-2)9-5-18/h4-11,16-17H,3,12-15H2,1-2H3,(H,27,29,34). The first-order valence-corrected chi connectivity index (χ1v) is 12.9. The van der Waals surface area contributed by atoms with Crippen molar-refractivity contribution in [2.45, 2.75) is 25.7 Å². The smallest absolute Gasteiger partial charge is 0.231 e. The molecule has 0 radical (unpaired) electrons. The molecular weight excluding hydrogens is 494 g/mol. The zero-order chi connectivity index (χ0) is 25.9. The fraction of sp³-hybridized carbons (Fsp3) is 0.346. The first-order valence-electron chi connectivity index (χ1n) is 12.1. The minimum Gasteiger partial charge on any atom is -0.497 e. The van der Waals surface area contributed by atoms with Crippen LogP contribution in [0.4, 0.5) is 16.5 Å². The van der Waals surface area contributed by atoms with Crippen LogP contribution < -0.4 is 24.6 Å². The van der Waals surface area contributed by atoms with Gasteiger partial charge in [-0.05, 0) is 55.5 Å². The molecule has 5 rings (SSSR count). The van der Waals surface area contributed by atoms with Crippen molar-refractivity contribution in [3.8, 4) is 11.5 Å². The summed E-state index contributed by atoms with van der Waals surface area (Å²) in [7, 11) is 1.60. The molecule has 2 aliphatic heterocycles. The summed E-state index contributed by atoms with van der Waals surface area (Å²) in [5.41, 5.74) is 1.53. The highest BCUT2D eigenvalue weighted by Crippen LogP contribution is 2.35. The van der Waals surface area contributed by atoms with Crippen LogP contribution in [0.5, 0.6) is 11.5 Å². The highest BCUT2D eigenvalue weighted by atomic mass is 32.1. The van der Waals surface area contributed by atoms with Crippen molar-refractivity contribution >= 4 is 45.6 Å². The van der Waals surface area contributed by atoms with Gasteiger partial charge in [-0.15, -0.1) is 10.2 Å². The highest BCUT2D eigenvalue weighted by Gasteiger charge is 2.37. The van der Waals surface area contributed by atoms with Crippen molar-refractivity contribution < 1.29 is 23.9 Å². The van der Waals surface area contributed by atoms with Crippen LogP contribution in [0.3, 0.4) is 0 Å². The zero-order valence-electron chi connectivity index (χ0n) is 20.5. The van der Waals surface area contributed by atoms with Crippen molar-refractivity contribution in [2.75, 3.05) is 41.9 Å². The molecular formula is C26H27N5O5S. The minimum absolute atomic E-state index is 0.00908. The third-order valence-corrected chi connectivity index (χ3v) is 7.49. The van der Waals surface area contributed by atoms with Crippen molar-refractivity contribution in [1.82, 2.24) is 10.2 Å². The summed E-state index contributed by atoms with van der Waals surface area (Å²) < 4.78 is 10.6. The molecule has 0 aliphatic carbocycles. The lowest BCUT2D eigenvalue weighted by Crippen LogP contribution is -2.28. The summed E-state index contributed by atoms with van der Waals surface area (Å²) in [4.78, 5) is 41.5.